The van der Waals surface area contributed by atoms with Gasteiger partial charge in [-0.2, -0.15) is 0 Å². The van der Waals surface area contributed by atoms with Crippen molar-refractivity contribution in [1.82, 2.24) is 4.90 Å². The lowest BCUT2D eigenvalue weighted by Crippen LogP contribution is -2.38. The Morgan fingerprint density at radius 3 is 2.46 bits per heavy atom. The molecule has 1 aliphatic heterocycles. The van der Waals surface area contributed by atoms with Crippen molar-refractivity contribution in [3.63, 3.8) is 0 Å². The highest BCUT2D eigenvalue weighted by Crippen LogP contribution is 2.38. The molecule has 0 aromatic heterocycles. The van der Waals surface area contributed by atoms with Crippen LogP contribution >= 0.6 is 0 Å². The molecule has 190 valence electrons. The molecule has 2 amide bonds. The highest BCUT2D eigenvalue weighted by atomic mass is 19.1. The number of allylic oxidation sites excluding steroid dienone is 1. The average Bonchev–Trinajstić information content (AvgIpc) is 2.88. The number of benzene rings is 3. The topological polar surface area (TPSA) is 75.7 Å². The van der Waals surface area contributed by atoms with Crippen LogP contribution in [0.2, 0.25) is 0 Å². The summed E-state index contributed by atoms with van der Waals surface area (Å²) in [6.07, 6.45) is 0.139. The SMILES string of the molecule is CCOC(=O)C1=C(C)N(Cc2cccc(C(=O)Nc3ccc(F)cc3)c2)C(=O)CC1c1cccc(C)c1. The van der Waals surface area contributed by atoms with Crippen LogP contribution in [-0.2, 0) is 20.9 Å². The van der Waals surface area contributed by atoms with Crippen molar-refractivity contribution in [2.45, 2.75) is 39.7 Å². The molecule has 0 spiro atoms. The van der Waals surface area contributed by atoms with Crippen LogP contribution in [0, 0.1) is 12.7 Å². The molecule has 1 atom stereocenters. The quantitative estimate of drug-likeness (QED) is 0.420. The smallest absolute Gasteiger partial charge is 0.336 e. The third kappa shape index (κ3) is 5.94. The molecular formula is C30H29FN2O4. The maximum Gasteiger partial charge on any atom is 0.336 e. The number of amides is 2. The molecule has 4 rings (SSSR count). The minimum atomic E-state index is -0.434. The zero-order valence-corrected chi connectivity index (χ0v) is 21.1. The molecular weight excluding hydrogens is 471 g/mol. The van der Waals surface area contributed by atoms with Crippen molar-refractivity contribution in [3.8, 4) is 0 Å². The maximum atomic E-state index is 13.3. The predicted octanol–water partition coefficient (Wildman–Crippen LogP) is 5.74. The van der Waals surface area contributed by atoms with Gasteiger partial charge in [-0.15, -0.1) is 0 Å². The van der Waals surface area contributed by atoms with Gasteiger partial charge in [0, 0.05) is 29.3 Å². The van der Waals surface area contributed by atoms with E-state index in [1.54, 1.807) is 36.9 Å². The van der Waals surface area contributed by atoms with Gasteiger partial charge in [0.2, 0.25) is 5.91 Å². The number of halogens is 1. The molecule has 1 unspecified atom stereocenters. The van der Waals surface area contributed by atoms with Crippen LogP contribution < -0.4 is 5.32 Å². The first-order valence-electron chi connectivity index (χ1n) is 12.2. The van der Waals surface area contributed by atoms with E-state index >= 15 is 0 Å². The maximum absolute atomic E-state index is 13.3. The lowest BCUT2D eigenvalue weighted by atomic mass is 9.83. The Morgan fingerprint density at radius 2 is 1.76 bits per heavy atom. The zero-order valence-electron chi connectivity index (χ0n) is 21.1. The molecule has 1 heterocycles. The van der Waals surface area contributed by atoms with Crippen molar-refractivity contribution >= 4 is 23.5 Å². The van der Waals surface area contributed by atoms with E-state index in [1.807, 2.05) is 37.3 Å². The first-order valence-corrected chi connectivity index (χ1v) is 12.2. The predicted molar refractivity (Wildman–Crippen MR) is 139 cm³/mol. The van der Waals surface area contributed by atoms with Crippen molar-refractivity contribution in [1.29, 1.82) is 0 Å². The van der Waals surface area contributed by atoms with E-state index in [9.17, 15) is 18.8 Å². The van der Waals surface area contributed by atoms with E-state index in [4.69, 9.17) is 4.74 Å². The Balaban J connectivity index is 1.61. The number of esters is 1. The van der Waals surface area contributed by atoms with Gasteiger partial charge >= 0.3 is 5.97 Å². The van der Waals surface area contributed by atoms with E-state index in [2.05, 4.69) is 5.32 Å². The van der Waals surface area contributed by atoms with Gasteiger partial charge in [0.25, 0.3) is 5.91 Å². The number of hydrogen-bond acceptors (Lipinski definition) is 4. The lowest BCUT2D eigenvalue weighted by molar-refractivity contribution is -0.140. The Kier molecular flexibility index (Phi) is 7.82. The third-order valence-electron chi connectivity index (χ3n) is 6.39. The molecule has 37 heavy (non-hydrogen) atoms. The van der Waals surface area contributed by atoms with Crippen molar-refractivity contribution < 1.29 is 23.5 Å². The van der Waals surface area contributed by atoms with Crippen LogP contribution in [0.25, 0.3) is 0 Å². The average molecular weight is 501 g/mol. The Labute approximate surface area is 215 Å². The fourth-order valence-corrected chi connectivity index (χ4v) is 4.58. The normalized spacial score (nSPS) is 15.5. The summed E-state index contributed by atoms with van der Waals surface area (Å²) in [6, 6.07) is 20.3. The monoisotopic (exact) mass is 500 g/mol. The van der Waals surface area contributed by atoms with Crippen molar-refractivity contribution in [2.24, 2.45) is 0 Å². The van der Waals surface area contributed by atoms with Crippen LogP contribution in [0.1, 0.15) is 53.2 Å². The van der Waals surface area contributed by atoms with Crippen LogP contribution in [0.3, 0.4) is 0 Å². The zero-order chi connectivity index (χ0) is 26.5. The van der Waals surface area contributed by atoms with E-state index in [0.717, 1.165) is 16.7 Å². The molecule has 0 radical (unpaired) electrons. The second kappa shape index (κ2) is 11.2. The number of nitrogens with one attached hydrogen (secondary N) is 1. The van der Waals surface area contributed by atoms with Gasteiger partial charge in [-0.05, 0) is 68.3 Å². The minimum Gasteiger partial charge on any atom is -0.463 e. The van der Waals surface area contributed by atoms with Crippen LogP contribution in [-0.4, -0.2) is 29.3 Å². The molecule has 0 saturated heterocycles. The third-order valence-corrected chi connectivity index (χ3v) is 6.39. The number of rotatable bonds is 7. The lowest BCUT2D eigenvalue weighted by Gasteiger charge is -2.34. The first kappa shape index (κ1) is 25.8. The summed E-state index contributed by atoms with van der Waals surface area (Å²) >= 11 is 0. The molecule has 0 saturated carbocycles. The fraction of sp³-hybridized carbons (Fsp3) is 0.233. The van der Waals surface area contributed by atoms with E-state index in [1.165, 1.54) is 24.3 Å². The molecule has 3 aromatic rings. The largest absolute Gasteiger partial charge is 0.463 e. The summed E-state index contributed by atoms with van der Waals surface area (Å²) in [5, 5.41) is 2.74. The molecule has 7 heteroatoms. The van der Waals surface area contributed by atoms with E-state index < -0.39 is 11.9 Å². The van der Waals surface area contributed by atoms with Gasteiger partial charge in [0.05, 0.1) is 18.7 Å². The summed E-state index contributed by atoms with van der Waals surface area (Å²) in [5.74, 6) is -1.68. The second-order valence-electron chi connectivity index (χ2n) is 9.03. The minimum absolute atomic E-state index is 0.113. The summed E-state index contributed by atoms with van der Waals surface area (Å²) in [5.41, 5.74) is 4.56. The van der Waals surface area contributed by atoms with Gasteiger partial charge in [-0.3, -0.25) is 9.59 Å². The number of carbonyl (C=O) groups is 3. The van der Waals surface area contributed by atoms with Crippen molar-refractivity contribution in [2.75, 3.05) is 11.9 Å². The van der Waals surface area contributed by atoms with Gasteiger partial charge in [-0.1, -0.05) is 42.0 Å². The summed E-state index contributed by atoms with van der Waals surface area (Å²) in [7, 11) is 0. The highest BCUT2D eigenvalue weighted by molar-refractivity contribution is 6.04. The number of hydrogen-bond donors (Lipinski definition) is 1. The van der Waals surface area contributed by atoms with Crippen molar-refractivity contribution in [3.05, 3.63) is 112 Å². The molecule has 1 N–H and O–H groups in total. The molecule has 6 nitrogen and oxygen atoms in total. The standard InChI is InChI=1S/C30H29FN2O4/c1-4-37-30(36)28-20(3)33(27(34)17-26(28)22-9-5-7-19(2)15-22)18-21-8-6-10-23(16-21)29(35)32-25-13-11-24(31)12-14-25/h5-16,26H,4,17-18H2,1-3H3,(H,32,35). The molecule has 0 bridgehead atoms. The molecule has 3 aromatic carbocycles. The number of aryl methyl sites for hydroxylation is 1. The summed E-state index contributed by atoms with van der Waals surface area (Å²) < 4.78 is 18.5. The highest BCUT2D eigenvalue weighted by Gasteiger charge is 2.37. The summed E-state index contributed by atoms with van der Waals surface area (Å²) in [4.78, 5) is 40.7. The Hall–Kier alpha value is -4.26. The van der Waals surface area contributed by atoms with Gasteiger partial charge in [-0.25, -0.2) is 9.18 Å². The number of nitrogens with zero attached hydrogens (tertiary/aromatic N) is 1. The van der Waals surface area contributed by atoms with Crippen LogP contribution in [0.15, 0.2) is 84.1 Å². The van der Waals surface area contributed by atoms with Crippen LogP contribution in [0.4, 0.5) is 10.1 Å². The van der Waals surface area contributed by atoms with Gasteiger partial charge < -0.3 is 15.0 Å². The number of carbonyl (C=O) groups excluding carboxylic acids is 3. The Bertz CT molecular complexity index is 1360. The molecule has 0 aliphatic carbocycles. The van der Waals surface area contributed by atoms with E-state index in [0.29, 0.717) is 22.5 Å². The van der Waals surface area contributed by atoms with Gasteiger partial charge in [0.15, 0.2) is 0 Å². The second-order valence-corrected chi connectivity index (χ2v) is 9.03. The van der Waals surface area contributed by atoms with Crippen LogP contribution in [0.5, 0.6) is 0 Å². The fourth-order valence-electron chi connectivity index (χ4n) is 4.58. The number of anilines is 1. The summed E-state index contributed by atoms with van der Waals surface area (Å²) in [6.45, 7) is 5.92. The van der Waals surface area contributed by atoms with Gasteiger partial charge in [0.1, 0.15) is 5.82 Å². The molecule has 1 aliphatic rings. The Morgan fingerprint density at radius 1 is 1.03 bits per heavy atom. The number of ether oxygens (including phenoxy) is 1. The first-order chi connectivity index (χ1) is 17.8. The van der Waals surface area contributed by atoms with E-state index in [-0.39, 0.29) is 37.2 Å². The molecule has 0 fully saturated rings.